The molecule has 1 atom stereocenters. The van der Waals surface area contributed by atoms with Crippen molar-refractivity contribution in [3.8, 4) is 0 Å². The maximum Gasteiger partial charge on any atom is 0.411 e. The normalized spacial score (nSPS) is 19.2. The standard InChI is InChI=1S/C14H21F3N4O2/c1-10-18-11(2)21(19-10)12-4-3-6-20(8-12)13(22)5-7-23-9-14(15,16)17/h12H,3-9H2,1-2H3/t12-/m1/s1. The maximum atomic E-state index is 12.1. The number of aryl methyl sites for hydroxylation is 2. The Kier molecular flexibility index (Phi) is 5.61. The average molecular weight is 334 g/mol. The highest BCUT2D eigenvalue weighted by Gasteiger charge is 2.29. The summed E-state index contributed by atoms with van der Waals surface area (Å²) in [4.78, 5) is 18.0. The minimum Gasteiger partial charge on any atom is -0.372 e. The molecule has 0 N–H and O–H groups in total. The van der Waals surface area contributed by atoms with Crippen molar-refractivity contribution in [1.29, 1.82) is 0 Å². The second kappa shape index (κ2) is 7.29. The first kappa shape index (κ1) is 17.7. The lowest BCUT2D eigenvalue weighted by Crippen LogP contribution is -2.41. The Morgan fingerprint density at radius 3 is 2.74 bits per heavy atom. The third-order valence-electron chi connectivity index (χ3n) is 3.73. The van der Waals surface area contributed by atoms with Crippen molar-refractivity contribution < 1.29 is 22.7 Å². The van der Waals surface area contributed by atoms with Crippen molar-refractivity contribution in [2.75, 3.05) is 26.3 Å². The lowest BCUT2D eigenvalue weighted by molar-refractivity contribution is -0.175. The van der Waals surface area contributed by atoms with E-state index in [0.717, 1.165) is 18.7 Å². The van der Waals surface area contributed by atoms with Gasteiger partial charge < -0.3 is 9.64 Å². The zero-order chi connectivity index (χ0) is 17.0. The first-order valence-electron chi connectivity index (χ1n) is 7.58. The smallest absolute Gasteiger partial charge is 0.372 e. The molecule has 2 heterocycles. The number of carbonyl (C=O) groups excluding carboxylic acids is 1. The van der Waals surface area contributed by atoms with Gasteiger partial charge in [0.15, 0.2) is 0 Å². The number of likely N-dealkylation sites (tertiary alicyclic amines) is 1. The summed E-state index contributed by atoms with van der Waals surface area (Å²) in [6, 6.07) is 0.0602. The Bertz CT molecular complexity index is 545. The molecule has 0 bridgehead atoms. The number of halogens is 3. The molecule has 2 rings (SSSR count). The van der Waals surface area contributed by atoms with E-state index < -0.39 is 12.8 Å². The summed E-state index contributed by atoms with van der Waals surface area (Å²) in [5.74, 6) is 1.30. The van der Waals surface area contributed by atoms with Crippen LogP contribution in [0.2, 0.25) is 0 Å². The predicted octanol–water partition coefficient (Wildman–Crippen LogP) is 2.03. The van der Waals surface area contributed by atoms with Crippen molar-refractivity contribution >= 4 is 5.91 Å². The minimum absolute atomic E-state index is 0.0435. The quantitative estimate of drug-likeness (QED) is 0.773. The highest BCUT2D eigenvalue weighted by atomic mass is 19.4. The number of piperidine rings is 1. The molecule has 1 fully saturated rings. The van der Waals surface area contributed by atoms with E-state index >= 15 is 0 Å². The second-order valence-corrected chi connectivity index (χ2v) is 5.70. The molecular weight excluding hydrogens is 313 g/mol. The van der Waals surface area contributed by atoms with Gasteiger partial charge in [-0.3, -0.25) is 4.79 Å². The summed E-state index contributed by atoms with van der Waals surface area (Å²) in [6.45, 7) is 3.25. The molecule has 1 aliphatic rings. The summed E-state index contributed by atoms with van der Waals surface area (Å²) in [7, 11) is 0. The molecule has 0 aliphatic carbocycles. The third-order valence-corrected chi connectivity index (χ3v) is 3.73. The van der Waals surface area contributed by atoms with Crippen molar-refractivity contribution in [3.63, 3.8) is 0 Å². The number of amides is 1. The Hall–Kier alpha value is -1.64. The van der Waals surface area contributed by atoms with E-state index in [0.29, 0.717) is 18.9 Å². The minimum atomic E-state index is -4.36. The van der Waals surface area contributed by atoms with Crippen LogP contribution in [0.25, 0.3) is 0 Å². The summed E-state index contributed by atoms with van der Waals surface area (Å²) in [5, 5.41) is 4.35. The molecule has 130 valence electrons. The number of alkyl halides is 3. The summed E-state index contributed by atoms with van der Waals surface area (Å²) in [5.41, 5.74) is 0. The lowest BCUT2D eigenvalue weighted by atomic mass is 10.1. The Morgan fingerprint density at radius 2 is 2.13 bits per heavy atom. The molecule has 0 aromatic carbocycles. The van der Waals surface area contributed by atoms with Gasteiger partial charge in [0.05, 0.1) is 19.1 Å². The number of aromatic nitrogens is 3. The van der Waals surface area contributed by atoms with Gasteiger partial charge in [0.2, 0.25) is 5.91 Å². The van der Waals surface area contributed by atoms with Crippen LogP contribution < -0.4 is 0 Å². The van der Waals surface area contributed by atoms with Crippen molar-refractivity contribution in [2.45, 2.75) is 45.3 Å². The van der Waals surface area contributed by atoms with Gasteiger partial charge in [-0.15, -0.1) is 0 Å². The third kappa shape index (κ3) is 5.19. The van der Waals surface area contributed by atoms with Gasteiger partial charge >= 0.3 is 6.18 Å². The SMILES string of the molecule is Cc1nc(C)n([C@@H]2CCCN(C(=O)CCOCC(F)(F)F)C2)n1. The molecule has 6 nitrogen and oxygen atoms in total. The molecule has 1 aromatic rings. The number of nitrogens with zero attached hydrogens (tertiary/aromatic N) is 4. The van der Waals surface area contributed by atoms with Crippen LogP contribution in [0, 0.1) is 13.8 Å². The van der Waals surface area contributed by atoms with Crippen LogP contribution in [0.15, 0.2) is 0 Å². The zero-order valence-electron chi connectivity index (χ0n) is 13.3. The summed E-state index contributed by atoms with van der Waals surface area (Å²) < 4.78 is 42.3. The fourth-order valence-electron chi connectivity index (χ4n) is 2.77. The Labute approximate surface area is 132 Å². The molecular formula is C14H21F3N4O2. The van der Waals surface area contributed by atoms with Crippen molar-refractivity contribution in [3.05, 3.63) is 11.6 Å². The van der Waals surface area contributed by atoms with Gasteiger partial charge in [-0.2, -0.15) is 18.3 Å². The van der Waals surface area contributed by atoms with Crippen LogP contribution in [0.5, 0.6) is 0 Å². The van der Waals surface area contributed by atoms with E-state index in [9.17, 15) is 18.0 Å². The maximum absolute atomic E-state index is 12.1. The van der Waals surface area contributed by atoms with Gasteiger partial charge in [0.1, 0.15) is 18.3 Å². The highest BCUT2D eigenvalue weighted by Crippen LogP contribution is 2.22. The predicted molar refractivity (Wildman–Crippen MR) is 75.8 cm³/mol. The number of hydrogen-bond donors (Lipinski definition) is 0. The van der Waals surface area contributed by atoms with Crippen LogP contribution in [0.3, 0.4) is 0 Å². The molecule has 9 heteroatoms. The Morgan fingerprint density at radius 1 is 1.39 bits per heavy atom. The largest absolute Gasteiger partial charge is 0.411 e. The number of carbonyl (C=O) groups is 1. The lowest BCUT2D eigenvalue weighted by Gasteiger charge is -2.33. The van der Waals surface area contributed by atoms with Crippen LogP contribution in [-0.4, -0.2) is 58.1 Å². The van der Waals surface area contributed by atoms with Gasteiger partial charge in [0.25, 0.3) is 0 Å². The van der Waals surface area contributed by atoms with Crippen molar-refractivity contribution in [1.82, 2.24) is 19.7 Å². The summed E-state index contributed by atoms with van der Waals surface area (Å²) in [6.07, 6.45) is -2.67. The zero-order valence-corrected chi connectivity index (χ0v) is 13.3. The average Bonchev–Trinajstić information content (AvgIpc) is 2.81. The van der Waals surface area contributed by atoms with Gasteiger partial charge in [-0.25, -0.2) is 9.67 Å². The van der Waals surface area contributed by atoms with E-state index in [4.69, 9.17) is 0 Å². The van der Waals surface area contributed by atoms with E-state index in [1.165, 1.54) is 0 Å². The van der Waals surface area contributed by atoms with Crippen LogP contribution in [0.4, 0.5) is 13.2 Å². The van der Waals surface area contributed by atoms with Gasteiger partial charge in [-0.1, -0.05) is 0 Å². The molecule has 1 saturated heterocycles. The molecule has 1 aromatic heterocycles. The number of ether oxygens (including phenoxy) is 1. The fourth-order valence-corrected chi connectivity index (χ4v) is 2.77. The first-order chi connectivity index (χ1) is 10.8. The number of hydrogen-bond acceptors (Lipinski definition) is 4. The first-order valence-corrected chi connectivity index (χ1v) is 7.58. The number of rotatable bonds is 5. The summed E-state index contributed by atoms with van der Waals surface area (Å²) >= 11 is 0. The molecule has 1 amide bonds. The molecule has 1 aliphatic heterocycles. The van der Waals surface area contributed by atoms with Crippen LogP contribution in [-0.2, 0) is 9.53 Å². The van der Waals surface area contributed by atoms with Crippen LogP contribution in [0.1, 0.15) is 37.0 Å². The fraction of sp³-hybridized carbons (Fsp3) is 0.786. The van der Waals surface area contributed by atoms with Crippen LogP contribution >= 0.6 is 0 Å². The van der Waals surface area contributed by atoms with Gasteiger partial charge in [0, 0.05) is 13.1 Å². The Balaban J connectivity index is 1.83. The molecule has 0 saturated carbocycles. The molecule has 0 unspecified atom stereocenters. The van der Waals surface area contributed by atoms with Gasteiger partial charge in [-0.05, 0) is 26.7 Å². The molecule has 0 radical (unpaired) electrons. The highest BCUT2D eigenvalue weighted by molar-refractivity contribution is 5.76. The second-order valence-electron chi connectivity index (χ2n) is 5.70. The van der Waals surface area contributed by atoms with E-state index in [-0.39, 0.29) is 25.0 Å². The van der Waals surface area contributed by atoms with E-state index in [2.05, 4.69) is 14.8 Å². The molecule has 23 heavy (non-hydrogen) atoms. The topological polar surface area (TPSA) is 60.2 Å². The van der Waals surface area contributed by atoms with Crippen molar-refractivity contribution in [2.24, 2.45) is 0 Å². The molecule has 0 spiro atoms. The van der Waals surface area contributed by atoms with E-state index in [1.54, 1.807) is 4.90 Å². The monoisotopic (exact) mass is 334 g/mol. The van der Waals surface area contributed by atoms with E-state index in [1.807, 2.05) is 18.5 Å².